The zero-order chi connectivity index (χ0) is 14.5. The van der Waals surface area contributed by atoms with Crippen molar-refractivity contribution < 1.29 is 4.39 Å². The fourth-order valence-corrected chi connectivity index (χ4v) is 3.96. The molecule has 0 saturated heterocycles. The molecular weight excluding hydrogens is 291 g/mol. The molecule has 20 heavy (non-hydrogen) atoms. The van der Waals surface area contributed by atoms with Gasteiger partial charge in [0, 0.05) is 16.3 Å². The molecule has 0 amide bonds. The Morgan fingerprint density at radius 3 is 2.85 bits per heavy atom. The molecule has 0 aliphatic heterocycles. The van der Waals surface area contributed by atoms with Crippen molar-refractivity contribution in [1.29, 1.82) is 0 Å². The molecule has 0 aliphatic rings. The monoisotopic (exact) mass is 310 g/mol. The number of halogens is 1. The minimum Gasteiger partial charge on any atom is -0.315 e. The molecule has 108 valence electrons. The third-order valence-corrected chi connectivity index (χ3v) is 4.91. The molecule has 0 radical (unpaired) electrons. The summed E-state index contributed by atoms with van der Waals surface area (Å²) in [5, 5.41) is 3.96. The average molecular weight is 310 g/mol. The Balaban J connectivity index is 2.50. The number of hydrogen-bond donors (Lipinski definition) is 1. The summed E-state index contributed by atoms with van der Waals surface area (Å²) >= 11 is 3.15. The predicted molar refractivity (Wildman–Crippen MR) is 86.0 cm³/mol. The van der Waals surface area contributed by atoms with Crippen molar-refractivity contribution in [1.82, 2.24) is 10.3 Å². The van der Waals surface area contributed by atoms with E-state index in [0.29, 0.717) is 5.56 Å². The minimum absolute atomic E-state index is 0.190. The molecule has 0 saturated carbocycles. The fraction of sp³-hybridized carbons (Fsp3) is 0.400. The maximum atomic E-state index is 14.2. The van der Waals surface area contributed by atoms with Gasteiger partial charge in [0.05, 0.1) is 11.3 Å². The molecule has 1 heterocycles. The van der Waals surface area contributed by atoms with Crippen LogP contribution >= 0.6 is 23.1 Å². The third-order valence-electron chi connectivity index (χ3n) is 3.01. The highest BCUT2D eigenvalue weighted by atomic mass is 32.2. The molecule has 0 aliphatic carbocycles. The van der Waals surface area contributed by atoms with E-state index in [4.69, 9.17) is 0 Å². The zero-order valence-corrected chi connectivity index (χ0v) is 13.6. The van der Waals surface area contributed by atoms with Crippen LogP contribution in [0.2, 0.25) is 0 Å². The van der Waals surface area contributed by atoms with Crippen LogP contribution in [0, 0.1) is 5.82 Å². The van der Waals surface area contributed by atoms with Crippen LogP contribution < -0.4 is 5.32 Å². The maximum Gasteiger partial charge on any atom is 0.134 e. The summed E-state index contributed by atoms with van der Waals surface area (Å²) in [5.41, 5.74) is 1.74. The van der Waals surface area contributed by atoms with E-state index in [2.05, 4.69) is 17.2 Å². The van der Waals surface area contributed by atoms with Gasteiger partial charge in [-0.15, -0.1) is 23.1 Å². The average Bonchev–Trinajstić information content (AvgIpc) is 2.82. The van der Waals surface area contributed by atoms with E-state index < -0.39 is 0 Å². The van der Waals surface area contributed by atoms with Gasteiger partial charge >= 0.3 is 0 Å². The second-order valence-electron chi connectivity index (χ2n) is 4.49. The Morgan fingerprint density at radius 2 is 2.20 bits per heavy atom. The fourth-order valence-electron chi connectivity index (χ4n) is 2.10. The summed E-state index contributed by atoms with van der Waals surface area (Å²) in [7, 11) is 1.92. The second-order valence-corrected chi connectivity index (χ2v) is 6.42. The van der Waals surface area contributed by atoms with Gasteiger partial charge in [-0.2, -0.15) is 0 Å². The number of nitrogens with one attached hydrogen (secondary N) is 1. The molecule has 2 aromatic rings. The van der Waals surface area contributed by atoms with Crippen LogP contribution in [0.15, 0.2) is 23.1 Å². The lowest BCUT2D eigenvalue weighted by Crippen LogP contribution is -2.05. The van der Waals surface area contributed by atoms with Crippen molar-refractivity contribution in [2.24, 2.45) is 0 Å². The molecular formula is C15H19FN2S2. The second kappa shape index (κ2) is 7.20. The Bertz CT molecular complexity index is 558. The van der Waals surface area contributed by atoms with Gasteiger partial charge in [-0.1, -0.05) is 19.4 Å². The van der Waals surface area contributed by atoms with Crippen molar-refractivity contribution in [3.05, 3.63) is 34.6 Å². The van der Waals surface area contributed by atoms with Crippen LogP contribution in [0.25, 0.3) is 10.6 Å². The first-order valence-corrected chi connectivity index (χ1v) is 8.71. The van der Waals surface area contributed by atoms with Crippen molar-refractivity contribution in [3.8, 4) is 10.6 Å². The number of rotatable bonds is 6. The molecule has 0 spiro atoms. The lowest BCUT2D eigenvalue weighted by Gasteiger charge is -2.05. The van der Waals surface area contributed by atoms with Crippen LogP contribution in [-0.4, -0.2) is 18.3 Å². The lowest BCUT2D eigenvalue weighted by molar-refractivity contribution is 0.628. The summed E-state index contributed by atoms with van der Waals surface area (Å²) in [5.74, 6) is -0.190. The molecule has 5 heteroatoms. The summed E-state index contributed by atoms with van der Waals surface area (Å²) in [6, 6.07) is 5.20. The van der Waals surface area contributed by atoms with E-state index in [1.165, 1.54) is 10.9 Å². The quantitative estimate of drug-likeness (QED) is 0.803. The third kappa shape index (κ3) is 3.22. The SMILES string of the molecule is CCCc1nc(-c2c(F)cccc2SC)sc1CNC. The zero-order valence-electron chi connectivity index (χ0n) is 12.0. The number of thioether (sulfide) groups is 1. The van der Waals surface area contributed by atoms with E-state index in [1.807, 2.05) is 19.4 Å². The summed E-state index contributed by atoms with van der Waals surface area (Å²) in [4.78, 5) is 6.83. The van der Waals surface area contributed by atoms with Gasteiger partial charge in [-0.3, -0.25) is 0 Å². The van der Waals surface area contributed by atoms with E-state index >= 15 is 0 Å². The van der Waals surface area contributed by atoms with Crippen molar-refractivity contribution in [2.75, 3.05) is 13.3 Å². The summed E-state index contributed by atoms with van der Waals surface area (Å²) in [6.45, 7) is 2.93. The number of aromatic nitrogens is 1. The Kier molecular flexibility index (Phi) is 5.57. The van der Waals surface area contributed by atoms with E-state index in [9.17, 15) is 4.39 Å². The van der Waals surface area contributed by atoms with Gasteiger partial charge in [-0.25, -0.2) is 9.37 Å². The number of benzene rings is 1. The maximum absolute atomic E-state index is 14.2. The first-order chi connectivity index (χ1) is 9.71. The highest BCUT2D eigenvalue weighted by molar-refractivity contribution is 7.98. The first-order valence-electron chi connectivity index (χ1n) is 6.67. The van der Waals surface area contributed by atoms with Crippen LogP contribution in [0.3, 0.4) is 0 Å². The molecule has 0 bridgehead atoms. The molecule has 0 unspecified atom stereocenters. The highest BCUT2D eigenvalue weighted by Gasteiger charge is 2.17. The molecule has 0 atom stereocenters. The Morgan fingerprint density at radius 1 is 1.40 bits per heavy atom. The summed E-state index contributed by atoms with van der Waals surface area (Å²) < 4.78 is 14.2. The molecule has 1 aromatic carbocycles. The lowest BCUT2D eigenvalue weighted by atomic mass is 10.2. The van der Waals surface area contributed by atoms with Crippen LogP contribution in [-0.2, 0) is 13.0 Å². The number of thiazole rings is 1. The standard InChI is InChI=1S/C15H19FN2S2/c1-4-6-11-13(9-17-2)20-15(18-11)14-10(16)7-5-8-12(14)19-3/h5,7-8,17H,4,6,9H2,1-3H3. The van der Waals surface area contributed by atoms with Crippen LogP contribution in [0.5, 0.6) is 0 Å². The van der Waals surface area contributed by atoms with Gasteiger partial charge in [0.2, 0.25) is 0 Å². The van der Waals surface area contributed by atoms with Gasteiger partial charge in [-0.05, 0) is 31.9 Å². The smallest absolute Gasteiger partial charge is 0.134 e. The summed E-state index contributed by atoms with van der Waals surface area (Å²) in [6.07, 6.45) is 3.95. The normalized spacial score (nSPS) is 11.0. The van der Waals surface area contributed by atoms with E-state index in [0.717, 1.165) is 35.0 Å². The highest BCUT2D eigenvalue weighted by Crippen LogP contribution is 2.36. The minimum atomic E-state index is -0.190. The van der Waals surface area contributed by atoms with Crippen molar-refractivity contribution >= 4 is 23.1 Å². The Labute approximate surface area is 127 Å². The van der Waals surface area contributed by atoms with Crippen LogP contribution in [0.1, 0.15) is 23.9 Å². The number of aryl methyl sites for hydroxylation is 1. The molecule has 1 N–H and O–H groups in total. The molecule has 0 fully saturated rings. The number of hydrogen-bond acceptors (Lipinski definition) is 4. The first kappa shape index (κ1) is 15.5. The van der Waals surface area contributed by atoms with Gasteiger partial charge in [0.15, 0.2) is 0 Å². The largest absolute Gasteiger partial charge is 0.315 e. The van der Waals surface area contributed by atoms with Crippen molar-refractivity contribution in [3.63, 3.8) is 0 Å². The molecule has 2 nitrogen and oxygen atoms in total. The van der Waals surface area contributed by atoms with Gasteiger partial charge < -0.3 is 5.32 Å². The predicted octanol–water partition coefficient (Wildman–Crippen LogP) is 4.34. The van der Waals surface area contributed by atoms with Gasteiger partial charge in [0.25, 0.3) is 0 Å². The number of nitrogens with zero attached hydrogens (tertiary/aromatic N) is 1. The van der Waals surface area contributed by atoms with E-state index in [1.54, 1.807) is 29.2 Å². The van der Waals surface area contributed by atoms with Crippen molar-refractivity contribution in [2.45, 2.75) is 31.2 Å². The van der Waals surface area contributed by atoms with Gasteiger partial charge in [0.1, 0.15) is 10.8 Å². The molecule has 2 rings (SSSR count). The van der Waals surface area contributed by atoms with Crippen LogP contribution in [0.4, 0.5) is 4.39 Å². The molecule has 1 aromatic heterocycles. The topological polar surface area (TPSA) is 24.9 Å². The van der Waals surface area contributed by atoms with E-state index in [-0.39, 0.29) is 5.82 Å². The Hall–Kier alpha value is -0.910.